The molecule has 0 heterocycles. The Morgan fingerprint density at radius 1 is 1.50 bits per heavy atom. The lowest BCUT2D eigenvalue weighted by molar-refractivity contribution is -0.142. The minimum absolute atomic E-state index is 0.200. The fraction of sp³-hybridized carbons (Fsp3) is 0.500. The molecule has 0 saturated heterocycles. The van der Waals surface area contributed by atoms with Gasteiger partial charge in [-0.15, -0.1) is 0 Å². The number of benzene rings is 1. The molecule has 1 aliphatic rings. The number of rotatable bonds is 5. The maximum absolute atomic E-state index is 11.2. The summed E-state index contributed by atoms with van der Waals surface area (Å²) < 4.78 is 0. The Bertz CT molecular complexity index is 380. The van der Waals surface area contributed by atoms with Gasteiger partial charge in [-0.3, -0.25) is 4.79 Å². The largest absolute Gasteiger partial charge is 0.481 e. The molecule has 1 fully saturated rings. The monoisotopic (exact) mass is 218 g/mol. The highest BCUT2D eigenvalue weighted by Crippen LogP contribution is 2.36. The number of aryl methyl sites for hydroxylation is 1. The SMILES string of the molecule is Cc1cccc(CC(CC2CC2)C(=O)O)c1. The third-order valence-corrected chi connectivity index (χ3v) is 3.23. The summed E-state index contributed by atoms with van der Waals surface area (Å²) in [5, 5.41) is 9.18. The van der Waals surface area contributed by atoms with E-state index in [9.17, 15) is 9.90 Å². The summed E-state index contributed by atoms with van der Waals surface area (Å²) in [6.45, 7) is 2.04. The highest BCUT2D eigenvalue weighted by molar-refractivity contribution is 5.70. The van der Waals surface area contributed by atoms with Gasteiger partial charge in [0.25, 0.3) is 0 Å². The first-order valence-corrected chi connectivity index (χ1v) is 5.93. The normalized spacial score (nSPS) is 17.1. The van der Waals surface area contributed by atoms with Crippen molar-refractivity contribution in [2.24, 2.45) is 11.8 Å². The zero-order valence-electron chi connectivity index (χ0n) is 9.65. The molecule has 0 spiro atoms. The van der Waals surface area contributed by atoms with Gasteiger partial charge >= 0.3 is 5.97 Å². The molecule has 0 bridgehead atoms. The second-order valence-electron chi connectivity index (χ2n) is 4.91. The third-order valence-electron chi connectivity index (χ3n) is 3.23. The first-order valence-electron chi connectivity index (χ1n) is 5.93. The lowest BCUT2D eigenvalue weighted by Gasteiger charge is -2.12. The Morgan fingerprint density at radius 3 is 2.81 bits per heavy atom. The van der Waals surface area contributed by atoms with Crippen molar-refractivity contribution in [3.63, 3.8) is 0 Å². The molecule has 1 unspecified atom stereocenters. The molecule has 0 aliphatic heterocycles. The molecule has 2 rings (SSSR count). The van der Waals surface area contributed by atoms with Gasteiger partial charge in [0.05, 0.1) is 5.92 Å². The van der Waals surface area contributed by atoms with E-state index < -0.39 is 5.97 Å². The number of hydrogen-bond acceptors (Lipinski definition) is 1. The summed E-state index contributed by atoms with van der Waals surface area (Å²) in [7, 11) is 0. The molecule has 86 valence electrons. The number of hydrogen-bond donors (Lipinski definition) is 1. The van der Waals surface area contributed by atoms with Crippen LogP contribution >= 0.6 is 0 Å². The van der Waals surface area contributed by atoms with Crippen LogP contribution in [0.15, 0.2) is 24.3 Å². The summed E-state index contributed by atoms with van der Waals surface area (Å²) in [4.78, 5) is 11.2. The Labute approximate surface area is 96.3 Å². The molecular weight excluding hydrogens is 200 g/mol. The van der Waals surface area contributed by atoms with Crippen molar-refractivity contribution in [1.29, 1.82) is 0 Å². The highest BCUT2D eigenvalue weighted by Gasteiger charge is 2.29. The van der Waals surface area contributed by atoms with E-state index in [1.54, 1.807) is 0 Å². The van der Waals surface area contributed by atoms with Gasteiger partial charge in [-0.25, -0.2) is 0 Å². The Kier molecular flexibility index (Phi) is 3.28. The zero-order chi connectivity index (χ0) is 11.5. The number of carboxylic acids is 1. The molecule has 0 radical (unpaired) electrons. The van der Waals surface area contributed by atoms with E-state index in [-0.39, 0.29) is 5.92 Å². The maximum atomic E-state index is 11.2. The lowest BCUT2D eigenvalue weighted by Crippen LogP contribution is -2.17. The van der Waals surface area contributed by atoms with Crippen LogP contribution < -0.4 is 0 Å². The summed E-state index contributed by atoms with van der Waals surface area (Å²) in [6.07, 6.45) is 3.96. The van der Waals surface area contributed by atoms with Gasteiger partial charge in [0, 0.05) is 0 Å². The van der Waals surface area contributed by atoms with Crippen molar-refractivity contribution in [3.05, 3.63) is 35.4 Å². The smallest absolute Gasteiger partial charge is 0.306 e. The number of aliphatic carboxylic acids is 1. The molecule has 1 aromatic rings. The highest BCUT2D eigenvalue weighted by atomic mass is 16.4. The second kappa shape index (κ2) is 4.69. The van der Waals surface area contributed by atoms with Crippen LogP contribution in [0.1, 0.15) is 30.4 Å². The Morgan fingerprint density at radius 2 is 2.25 bits per heavy atom. The van der Waals surface area contributed by atoms with Crippen LogP contribution in [0.4, 0.5) is 0 Å². The van der Waals surface area contributed by atoms with Crippen molar-refractivity contribution in [1.82, 2.24) is 0 Å². The lowest BCUT2D eigenvalue weighted by atomic mass is 9.93. The molecule has 1 atom stereocenters. The number of carboxylic acid groups (broad SMARTS) is 1. The topological polar surface area (TPSA) is 37.3 Å². The van der Waals surface area contributed by atoms with E-state index in [1.807, 2.05) is 25.1 Å². The van der Waals surface area contributed by atoms with Crippen LogP contribution in [0, 0.1) is 18.8 Å². The molecule has 1 N–H and O–H groups in total. The standard InChI is InChI=1S/C14H18O2/c1-10-3-2-4-12(7-10)9-13(14(15)16)8-11-5-6-11/h2-4,7,11,13H,5-6,8-9H2,1H3,(H,15,16). The molecule has 1 aliphatic carbocycles. The minimum atomic E-state index is -0.645. The fourth-order valence-corrected chi connectivity index (χ4v) is 2.15. The van der Waals surface area contributed by atoms with Crippen LogP contribution in [-0.4, -0.2) is 11.1 Å². The molecule has 0 aromatic heterocycles. The van der Waals surface area contributed by atoms with E-state index in [1.165, 1.54) is 18.4 Å². The summed E-state index contributed by atoms with van der Waals surface area (Å²) in [6, 6.07) is 8.15. The van der Waals surface area contributed by atoms with Crippen LogP contribution in [0.5, 0.6) is 0 Å². The summed E-state index contributed by atoms with van der Waals surface area (Å²) >= 11 is 0. The average molecular weight is 218 g/mol. The zero-order valence-corrected chi connectivity index (χ0v) is 9.65. The molecule has 1 saturated carbocycles. The van der Waals surface area contributed by atoms with Gasteiger partial charge in [-0.2, -0.15) is 0 Å². The van der Waals surface area contributed by atoms with Crippen LogP contribution in [0.25, 0.3) is 0 Å². The predicted octanol–water partition coefficient (Wildman–Crippen LogP) is 3.04. The minimum Gasteiger partial charge on any atom is -0.481 e. The van der Waals surface area contributed by atoms with Crippen molar-refractivity contribution in [2.75, 3.05) is 0 Å². The summed E-state index contributed by atoms with van der Waals surface area (Å²) in [5.74, 6) is -0.173. The molecule has 16 heavy (non-hydrogen) atoms. The molecule has 2 heteroatoms. The first-order chi connectivity index (χ1) is 7.65. The van der Waals surface area contributed by atoms with Crippen molar-refractivity contribution < 1.29 is 9.90 Å². The van der Waals surface area contributed by atoms with Crippen LogP contribution in [0.2, 0.25) is 0 Å². The average Bonchev–Trinajstić information content (AvgIpc) is 3.00. The van der Waals surface area contributed by atoms with Gasteiger partial charge in [0.1, 0.15) is 0 Å². The van der Waals surface area contributed by atoms with Gasteiger partial charge in [-0.05, 0) is 31.2 Å². The molecule has 1 aromatic carbocycles. The van der Waals surface area contributed by atoms with Gasteiger partial charge < -0.3 is 5.11 Å². The Hall–Kier alpha value is -1.31. The van der Waals surface area contributed by atoms with Crippen LogP contribution in [0.3, 0.4) is 0 Å². The van der Waals surface area contributed by atoms with E-state index in [2.05, 4.69) is 6.07 Å². The number of carbonyl (C=O) groups is 1. The Balaban J connectivity index is 2.01. The second-order valence-corrected chi connectivity index (χ2v) is 4.91. The summed E-state index contributed by atoms with van der Waals surface area (Å²) in [5.41, 5.74) is 2.35. The molecule has 2 nitrogen and oxygen atoms in total. The fourth-order valence-electron chi connectivity index (χ4n) is 2.15. The van der Waals surface area contributed by atoms with Gasteiger partial charge in [0.15, 0.2) is 0 Å². The van der Waals surface area contributed by atoms with Gasteiger partial charge in [-0.1, -0.05) is 42.7 Å². The van der Waals surface area contributed by atoms with Crippen molar-refractivity contribution >= 4 is 5.97 Å². The van der Waals surface area contributed by atoms with E-state index in [4.69, 9.17) is 0 Å². The van der Waals surface area contributed by atoms with Gasteiger partial charge in [0.2, 0.25) is 0 Å². The van der Waals surface area contributed by atoms with Crippen LogP contribution in [-0.2, 0) is 11.2 Å². The third kappa shape index (κ3) is 3.09. The first kappa shape index (κ1) is 11.2. The van der Waals surface area contributed by atoms with Crippen molar-refractivity contribution in [3.8, 4) is 0 Å². The van der Waals surface area contributed by atoms with E-state index >= 15 is 0 Å². The molecular formula is C14H18O2. The molecule has 0 amide bonds. The van der Waals surface area contributed by atoms with Crippen molar-refractivity contribution in [2.45, 2.75) is 32.6 Å². The quantitative estimate of drug-likeness (QED) is 0.824. The predicted molar refractivity (Wildman–Crippen MR) is 63.3 cm³/mol. The van der Waals surface area contributed by atoms with E-state index in [0.29, 0.717) is 12.3 Å². The van der Waals surface area contributed by atoms with E-state index in [0.717, 1.165) is 12.0 Å². The maximum Gasteiger partial charge on any atom is 0.306 e.